The highest BCUT2D eigenvalue weighted by molar-refractivity contribution is 6.90. The first kappa shape index (κ1) is 27.0. The number of benzene rings is 1. The Hall–Kier alpha value is -1.26. The van der Waals surface area contributed by atoms with E-state index < -0.39 is 26.4 Å². The van der Waals surface area contributed by atoms with Crippen molar-refractivity contribution in [1.29, 1.82) is 0 Å². The van der Waals surface area contributed by atoms with E-state index in [1.54, 1.807) is 7.11 Å². The predicted octanol–water partition coefficient (Wildman–Crippen LogP) is 5.73. The topological polar surface area (TPSA) is 36.9 Å². The lowest BCUT2D eigenvalue weighted by molar-refractivity contribution is 0.00578. The Kier molecular flexibility index (Phi) is 8.72. The first-order chi connectivity index (χ1) is 14.8. The van der Waals surface area contributed by atoms with Crippen LogP contribution in [-0.2, 0) is 20.5 Å². The first-order valence-electron chi connectivity index (χ1n) is 11.9. The summed E-state index contributed by atoms with van der Waals surface area (Å²) in [5.41, 5.74) is 6.98. The lowest BCUT2D eigenvalue weighted by atomic mass is 9.75. The molecule has 0 N–H and O–H groups in total. The van der Waals surface area contributed by atoms with Crippen LogP contribution in [0.5, 0.6) is 5.75 Å². The van der Waals surface area contributed by atoms with Crippen LogP contribution in [0.15, 0.2) is 18.2 Å². The van der Waals surface area contributed by atoms with Gasteiger partial charge in [0.05, 0.1) is 11.2 Å². The van der Waals surface area contributed by atoms with Gasteiger partial charge in [0.1, 0.15) is 13.8 Å². The maximum Gasteiger partial charge on any atom is 0.495 e. The second kappa shape index (κ2) is 10.3. The molecular formula is C26H43BO4Si. The van der Waals surface area contributed by atoms with Crippen molar-refractivity contribution in [2.24, 2.45) is 0 Å². The number of ether oxygens (including phenoxy) is 2. The van der Waals surface area contributed by atoms with Crippen molar-refractivity contribution in [3.05, 3.63) is 23.8 Å². The molecule has 6 heteroatoms. The van der Waals surface area contributed by atoms with Crippen molar-refractivity contribution in [3.8, 4) is 17.2 Å². The SMILES string of the molecule is COCOc1ccc(CC#C[Si](C(C)C)(C(C)C)C(C)C)c(B2OC(C)(C)C(C)(C)O2)c1. The highest BCUT2D eigenvalue weighted by Crippen LogP contribution is 2.41. The highest BCUT2D eigenvalue weighted by Gasteiger charge is 2.52. The van der Waals surface area contributed by atoms with Gasteiger partial charge in [0.2, 0.25) is 0 Å². The molecule has 0 aliphatic carbocycles. The van der Waals surface area contributed by atoms with Gasteiger partial charge in [-0.25, -0.2) is 0 Å². The lowest BCUT2D eigenvalue weighted by Crippen LogP contribution is -2.43. The van der Waals surface area contributed by atoms with Gasteiger partial charge in [-0.3, -0.25) is 0 Å². The molecule has 0 saturated carbocycles. The Morgan fingerprint density at radius 1 is 0.938 bits per heavy atom. The fourth-order valence-corrected chi connectivity index (χ4v) is 10.1. The molecule has 1 aromatic carbocycles. The third-order valence-corrected chi connectivity index (χ3v) is 13.8. The highest BCUT2D eigenvalue weighted by atomic mass is 28.3. The van der Waals surface area contributed by atoms with Crippen LogP contribution >= 0.6 is 0 Å². The first-order valence-corrected chi connectivity index (χ1v) is 14.1. The minimum absolute atomic E-state index is 0.202. The largest absolute Gasteiger partial charge is 0.495 e. The van der Waals surface area contributed by atoms with Crippen LogP contribution in [0, 0.1) is 11.5 Å². The fourth-order valence-electron chi connectivity index (χ4n) is 4.87. The molecule has 0 bridgehead atoms. The van der Waals surface area contributed by atoms with Crippen LogP contribution in [0.4, 0.5) is 0 Å². The Morgan fingerprint density at radius 3 is 1.94 bits per heavy atom. The van der Waals surface area contributed by atoms with E-state index in [0.717, 1.165) is 16.8 Å². The summed E-state index contributed by atoms with van der Waals surface area (Å²) in [6, 6.07) is 6.07. The molecule has 32 heavy (non-hydrogen) atoms. The third-order valence-electron chi connectivity index (χ3n) is 7.42. The smallest absolute Gasteiger partial charge is 0.468 e. The van der Waals surface area contributed by atoms with Crippen molar-refractivity contribution in [2.45, 2.75) is 103 Å². The molecule has 1 saturated heterocycles. The standard InChI is InChI=1S/C26H43BO4Si/c1-19(2)32(20(3)4,21(5)6)16-12-13-22-14-15-23(29-18-28-11)17-24(22)27-30-25(7,8)26(9,10)31-27/h14-15,17,19-21H,13,18H2,1-11H3. The molecule has 1 aromatic rings. The van der Waals surface area contributed by atoms with Gasteiger partial charge in [0.15, 0.2) is 6.79 Å². The zero-order valence-electron chi connectivity index (χ0n) is 22.1. The number of hydrogen-bond acceptors (Lipinski definition) is 4. The monoisotopic (exact) mass is 458 g/mol. The van der Waals surface area contributed by atoms with Crippen LogP contribution in [-0.4, -0.2) is 40.3 Å². The van der Waals surface area contributed by atoms with Crippen LogP contribution in [0.2, 0.25) is 16.6 Å². The van der Waals surface area contributed by atoms with Gasteiger partial charge in [-0.2, -0.15) is 0 Å². The Morgan fingerprint density at radius 2 is 1.47 bits per heavy atom. The summed E-state index contributed by atoms with van der Waals surface area (Å²) in [7, 11) is -0.605. The maximum absolute atomic E-state index is 6.36. The normalized spacial score (nSPS) is 17.8. The second-order valence-electron chi connectivity index (χ2n) is 10.9. The van der Waals surface area contributed by atoms with Crippen LogP contribution in [0.1, 0.15) is 74.8 Å². The van der Waals surface area contributed by atoms with Gasteiger partial charge < -0.3 is 18.8 Å². The summed E-state index contributed by atoms with van der Waals surface area (Å²) in [4.78, 5) is 0. The molecule has 4 nitrogen and oxygen atoms in total. The predicted molar refractivity (Wildman–Crippen MR) is 137 cm³/mol. The molecule has 1 aliphatic rings. The van der Waals surface area contributed by atoms with Crippen molar-refractivity contribution < 1.29 is 18.8 Å². The summed E-state index contributed by atoms with van der Waals surface area (Å²) in [6.07, 6.45) is 0.672. The Labute approximate surface area is 197 Å². The van der Waals surface area contributed by atoms with Crippen LogP contribution < -0.4 is 10.2 Å². The summed E-state index contributed by atoms with van der Waals surface area (Å²) < 4.78 is 23.5. The summed E-state index contributed by atoms with van der Waals surface area (Å²) >= 11 is 0. The second-order valence-corrected chi connectivity index (χ2v) is 16.5. The molecule has 2 rings (SSSR count). The van der Waals surface area contributed by atoms with E-state index in [1.807, 2.05) is 12.1 Å². The summed E-state index contributed by atoms with van der Waals surface area (Å²) in [5, 5.41) is 0. The molecule has 0 spiro atoms. The average molecular weight is 459 g/mol. The molecule has 1 fully saturated rings. The van der Waals surface area contributed by atoms with E-state index in [-0.39, 0.29) is 6.79 Å². The van der Waals surface area contributed by atoms with Crippen LogP contribution in [0.3, 0.4) is 0 Å². The molecule has 0 amide bonds. The molecular weight excluding hydrogens is 415 g/mol. The quantitative estimate of drug-likeness (QED) is 0.283. The number of methoxy groups -OCH3 is 1. The van der Waals surface area contributed by atoms with Crippen LogP contribution in [0.25, 0.3) is 0 Å². The van der Waals surface area contributed by atoms with Gasteiger partial charge in [0, 0.05) is 13.5 Å². The molecule has 1 heterocycles. The molecule has 0 atom stereocenters. The minimum atomic E-state index is -1.77. The average Bonchev–Trinajstić information content (AvgIpc) is 2.90. The van der Waals surface area contributed by atoms with E-state index in [9.17, 15) is 0 Å². The fraction of sp³-hybridized carbons (Fsp3) is 0.692. The van der Waals surface area contributed by atoms with Crippen molar-refractivity contribution in [2.75, 3.05) is 13.9 Å². The number of rotatable bonds is 8. The van der Waals surface area contributed by atoms with Gasteiger partial charge in [-0.05, 0) is 67.5 Å². The van der Waals surface area contributed by atoms with E-state index in [1.165, 1.54) is 0 Å². The van der Waals surface area contributed by atoms with E-state index in [4.69, 9.17) is 18.8 Å². The van der Waals surface area contributed by atoms with E-state index >= 15 is 0 Å². The molecule has 0 aromatic heterocycles. The number of hydrogen-bond donors (Lipinski definition) is 0. The Balaban J connectivity index is 2.44. The Bertz CT molecular complexity index is 798. The van der Waals surface area contributed by atoms with Crippen molar-refractivity contribution in [1.82, 2.24) is 0 Å². The van der Waals surface area contributed by atoms with Gasteiger partial charge >= 0.3 is 7.12 Å². The molecule has 0 radical (unpaired) electrons. The lowest BCUT2D eigenvalue weighted by Gasteiger charge is -2.38. The van der Waals surface area contributed by atoms with E-state index in [2.05, 4.69) is 86.8 Å². The molecule has 0 unspecified atom stereocenters. The third kappa shape index (κ3) is 5.44. The maximum atomic E-state index is 6.36. The summed E-state index contributed by atoms with van der Waals surface area (Å²) in [6.45, 7) is 22.6. The van der Waals surface area contributed by atoms with Crippen molar-refractivity contribution in [3.63, 3.8) is 0 Å². The van der Waals surface area contributed by atoms with Gasteiger partial charge in [-0.15, -0.1) is 11.5 Å². The summed E-state index contributed by atoms with van der Waals surface area (Å²) in [5.74, 6) is 4.33. The molecule has 1 aliphatic heterocycles. The minimum Gasteiger partial charge on any atom is -0.468 e. The molecule has 178 valence electrons. The van der Waals surface area contributed by atoms with Gasteiger partial charge in [0.25, 0.3) is 0 Å². The zero-order chi connectivity index (χ0) is 24.3. The van der Waals surface area contributed by atoms with E-state index in [0.29, 0.717) is 23.0 Å². The van der Waals surface area contributed by atoms with Gasteiger partial charge in [-0.1, -0.05) is 47.6 Å². The zero-order valence-corrected chi connectivity index (χ0v) is 23.1. The van der Waals surface area contributed by atoms with Crippen molar-refractivity contribution >= 4 is 20.7 Å².